The maximum absolute atomic E-state index is 11.3. The Hall–Kier alpha value is -0.570. The van der Waals surface area contributed by atoms with Crippen LogP contribution in [-0.4, -0.2) is 23.8 Å². The van der Waals surface area contributed by atoms with Gasteiger partial charge in [-0.05, 0) is 19.8 Å². The average molecular weight is 202 g/mol. The second kappa shape index (κ2) is 7.80. The first kappa shape index (κ1) is 13.4. The lowest BCUT2D eigenvalue weighted by Gasteiger charge is -2.15. The highest BCUT2D eigenvalue weighted by molar-refractivity contribution is 5.72. The summed E-state index contributed by atoms with van der Waals surface area (Å²) in [6, 6.07) is 0. The summed E-state index contributed by atoms with van der Waals surface area (Å²) in [5.74, 6) is -0.683. The Bertz CT molecular complexity index is 157. The molecule has 2 unspecified atom stereocenters. The lowest BCUT2D eigenvalue weighted by molar-refractivity contribution is -0.151. The maximum atomic E-state index is 11.3. The molecule has 0 aliphatic heterocycles. The molecule has 0 radical (unpaired) electrons. The molecule has 0 aliphatic rings. The van der Waals surface area contributed by atoms with Crippen LogP contribution in [-0.2, 0) is 9.53 Å². The molecule has 3 nitrogen and oxygen atoms in total. The van der Waals surface area contributed by atoms with Crippen molar-refractivity contribution >= 4 is 5.97 Å². The predicted octanol–water partition coefficient (Wildman–Crippen LogP) is 2.13. The van der Waals surface area contributed by atoms with E-state index in [0.29, 0.717) is 13.0 Å². The molecule has 0 saturated carbocycles. The van der Waals surface area contributed by atoms with Gasteiger partial charge in [-0.3, -0.25) is 4.79 Å². The number of carbonyl (C=O) groups is 1. The topological polar surface area (TPSA) is 46.5 Å². The van der Waals surface area contributed by atoms with Gasteiger partial charge in [-0.2, -0.15) is 0 Å². The summed E-state index contributed by atoms with van der Waals surface area (Å²) in [6.07, 6.45) is 3.12. The standard InChI is InChI=1S/C11H22O3/c1-4-6-7-8-14-11(13)9(3)10(12)5-2/h9-10,12H,4-8H2,1-3H3. The molecule has 0 aromatic carbocycles. The second-order valence-electron chi connectivity index (χ2n) is 3.64. The van der Waals surface area contributed by atoms with Crippen LogP contribution in [0.4, 0.5) is 0 Å². The number of esters is 1. The van der Waals surface area contributed by atoms with Crippen molar-refractivity contribution in [1.82, 2.24) is 0 Å². The lowest BCUT2D eigenvalue weighted by atomic mass is 10.0. The molecule has 0 amide bonds. The Morgan fingerprint density at radius 3 is 2.50 bits per heavy atom. The van der Waals surface area contributed by atoms with E-state index >= 15 is 0 Å². The quantitative estimate of drug-likeness (QED) is 0.508. The highest BCUT2D eigenvalue weighted by atomic mass is 16.5. The van der Waals surface area contributed by atoms with Gasteiger partial charge in [0.2, 0.25) is 0 Å². The minimum absolute atomic E-state index is 0.282. The molecular weight excluding hydrogens is 180 g/mol. The van der Waals surface area contributed by atoms with Gasteiger partial charge in [0.15, 0.2) is 0 Å². The molecule has 2 atom stereocenters. The minimum atomic E-state index is -0.575. The van der Waals surface area contributed by atoms with Crippen molar-refractivity contribution in [3.63, 3.8) is 0 Å². The van der Waals surface area contributed by atoms with E-state index in [1.807, 2.05) is 6.92 Å². The van der Waals surface area contributed by atoms with Gasteiger partial charge in [-0.1, -0.05) is 26.7 Å². The smallest absolute Gasteiger partial charge is 0.311 e. The van der Waals surface area contributed by atoms with Crippen molar-refractivity contribution in [3.05, 3.63) is 0 Å². The normalized spacial score (nSPS) is 14.9. The van der Waals surface area contributed by atoms with E-state index in [1.165, 1.54) is 0 Å². The van der Waals surface area contributed by atoms with Crippen LogP contribution in [0, 0.1) is 5.92 Å². The van der Waals surface area contributed by atoms with Crippen molar-refractivity contribution in [2.24, 2.45) is 5.92 Å². The molecule has 84 valence electrons. The van der Waals surface area contributed by atoms with Crippen LogP contribution < -0.4 is 0 Å². The summed E-state index contributed by atoms with van der Waals surface area (Å²) < 4.78 is 5.03. The number of aliphatic hydroxyl groups excluding tert-OH is 1. The predicted molar refractivity (Wildman–Crippen MR) is 55.9 cm³/mol. The molecule has 0 fully saturated rings. The monoisotopic (exact) mass is 202 g/mol. The van der Waals surface area contributed by atoms with E-state index in [1.54, 1.807) is 6.92 Å². The Morgan fingerprint density at radius 2 is 2.00 bits per heavy atom. The summed E-state index contributed by atoms with van der Waals surface area (Å²) in [5.41, 5.74) is 0. The third kappa shape index (κ3) is 5.22. The zero-order chi connectivity index (χ0) is 11.0. The van der Waals surface area contributed by atoms with E-state index in [0.717, 1.165) is 19.3 Å². The van der Waals surface area contributed by atoms with E-state index in [9.17, 15) is 9.90 Å². The third-order valence-electron chi connectivity index (χ3n) is 2.36. The molecule has 0 saturated heterocycles. The van der Waals surface area contributed by atoms with Gasteiger partial charge in [0.05, 0.1) is 18.6 Å². The van der Waals surface area contributed by atoms with Gasteiger partial charge in [-0.15, -0.1) is 0 Å². The Balaban J connectivity index is 3.62. The molecule has 0 aromatic rings. The van der Waals surface area contributed by atoms with E-state index in [2.05, 4.69) is 6.92 Å². The van der Waals surface area contributed by atoms with Crippen LogP contribution in [0.1, 0.15) is 46.5 Å². The lowest BCUT2D eigenvalue weighted by Crippen LogP contribution is -2.27. The van der Waals surface area contributed by atoms with Crippen LogP contribution >= 0.6 is 0 Å². The minimum Gasteiger partial charge on any atom is -0.465 e. The molecular formula is C11H22O3. The SMILES string of the molecule is CCCCCOC(=O)C(C)C(O)CC. The Kier molecular flexibility index (Phi) is 7.48. The van der Waals surface area contributed by atoms with Crippen molar-refractivity contribution in [3.8, 4) is 0 Å². The summed E-state index contributed by atoms with van der Waals surface area (Å²) in [4.78, 5) is 11.3. The van der Waals surface area contributed by atoms with Gasteiger partial charge < -0.3 is 9.84 Å². The number of hydrogen-bond acceptors (Lipinski definition) is 3. The Labute approximate surface area is 86.5 Å². The highest BCUT2D eigenvalue weighted by Crippen LogP contribution is 2.09. The van der Waals surface area contributed by atoms with Crippen LogP contribution in [0.5, 0.6) is 0 Å². The number of ether oxygens (including phenoxy) is 1. The number of unbranched alkanes of at least 4 members (excludes halogenated alkanes) is 2. The van der Waals surface area contributed by atoms with E-state index < -0.39 is 12.0 Å². The van der Waals surface area contributed by atoms with Gasteiger partial charge in [0.1, 0.15) is 0 Å². The largest absolute Gasteiger partial charge is 0.465 e. The number of hydrogen-bond donors (Lipinski definition) is 1. The van der Waals surface area contributed by atoms with Crippen molar-refractivity contribution in [1.29, 1.82) is 0 Å². The van der Waals surface area contributed by atoms with E-state index in [-0.39, 0.29) is 5.97 Å². The molecule has 3 heteroatoms. The van der Waals surface area contributed by atoms with Crippen LogP contribution in [0.3, 0.4) is 0 Å². The number of aliphatic hydroxyl groups is 1. The summed E-state index contributed by atoms with van der Waals surface area (Å²) in [5, 5.41) is 9.40. The van der Waals surface area contributed by atoms with Crippen LogP contribution in [0.15, 0.2) is 0 Å². The zero-order valence-electron chi connectivity index (χ0n) is 9.45. The van der Waals surface area contributed by atoms with Gasteiger partial charge in [0.25, 0.3) is 0 Å². The first-order valence-corrected chi connectivity index (χ1v) is 5.48. The molecule has 0 spiro atoms. The first-order chi connectivity index (χ1) is 6.63. The highest BCUT2D eigenvalue weighted by Gasteiger charge is 2.21. The first-order valence-electron chi connectivity index (χ1n) is 5.48. The fraction of sp³-hybridized carbons (Fsp3) is 0.909. The number of carbonyl (C=O) groups excluding carboxylic acids is 1. The zero-order valence-corrected chi connectivity index (χ0v) is 9.45. The third-order valence-corrected chi connectivity index (χ3v) is 2.36. The summed E-state index contributed by atoms with van der Waals surface area (Å²) in [6.45, 7) is 6.14. The molecule has 0 bridgehead atoms. The summed E-state index contributed by atoms with van der Waals surface area (Å²) >= 11 is 0. The van der Waals surface area contributed by atoms with E-state index in [4.69, 9.17) is 4.74 Å². The number of rotatable bonds is 7. The summed E-state index contributed by atoms with van der Waals surface area (Å²) in [7, 11) is 0. The molecule has 0 aliphatic carbocycles. The average Bonchev–Trinajstić information content (AvgIpc) is 2.21. The second-order valence-corrected chi connectivity index (χ2v) is 3.64. The fourth-order valence-electron chi connectivity index (χ4n) is 1.17. The van der Waals surface area contributed by atoms with Gasteiger partial charge in [0, 0.05) is 0 Å². The van der Waals surface area contributed by atoms with Crippen molar-refractivity contribution in [2.75, 3.05) is 6.61 Å². The molecule has 0 rings (SSSR count). The van der Waals surface area contributed by atoms with Gasteiger partial charge >= 0.3 is 5.97 Å². The molecule has 0 heterocycles. The van der Waals surface area contributed by atoms with Gasteiger partial charge in [-0.25, -0.2) is 0 Å². The van der Waals surface area contributed by atoms with Crippen molar-refractivity contribution < 1.29 is 14.6 Å². The molecule has 1 N–H and O–H groups in total. The Morgan fingerprint density at radius 1 is 1.36 bits per heavy atom. The van der Waals surface area contributed by atoms with Crippen LogP contribution in [0.2, 0.25) is 0 Å². The molecule has 0 aromatic heterocycles. The fourth-order valence-corrected chi connectivity index (χ4v) is 1.17. The van der Waals surface area contributed by atoms with Crippen LogP contribution in [0.25, 0.3) is 0 Å². The van der Waals surface area contributed by atoms with Crippen molar-refractivity contribution in [2.45, 2.75) is 52.6 Å². The maximum Gasteiger partial charge on any atom is 0.311 e. The molecule has 14 heavy (non-hydrogen) atoms.